The first-order valence-corrected chi connectivity index (χ1v) is 10.8. The smallest absolute Gasteiger partial charge is 0.230 e. The maximum Gasteiger partial charge on any atom is 0.230 e. The Morgan fingerprint density at radius 2 is 1.81 bits per heavy atom. The predicted octanol–water partition coefficient (Wildman–Crippen LogP) is 3.72. The van der Waals surface area contributed by atoms with Gasteiger partial charge in [0.2, 0.25) is 11.8 Å². The molecule has 0 aromatic heterocycles. The second-order valence-corrected chi connectivity index (χ2v) is 8.76. The molecule has 1 N–H and O–H groups in total. The Morgan fingerprint density at radius 1 is 1.07 bits per heavy atom. The molecule has 27 heavy (non-hydrogen) atoms. The van der Waals surface area contributed by atoms with E-state index in [4.69, 9.17) is 0 Å². The van der Waals surface area contributed by atoms with Crippen molar-refractivity contribution in [2.45, 2.75) is 63.8 Å². The lowest BCUT2D eigenvalue weighted by Crippen LogP contribution is -2.49. The van der Waals surface area contributed by atoms with Crippen LogP contribution in [0.15, 0.2) is 30.3 Å². The third-order valence-corrected chi connectivity index (χ3v) is 7.14. The summed E-state index contributed by atoms with van der Waals surface area (Å²) in [6.07, 6.45) is 7.52. The highest BCUT2D eigenvalue weighted by Crippen LogP contribution is 2.48. The Balaban J connectivity index is 1.28. The topological polar surface area (TPSA) is 49.4 Å². The van der Waals surface area contributed by atoms with Gasteiger partial charge in [0.1, 0.15) is 0 Å². The van der Waals surface area contributed by atoms with Crippen molar-refractivity contribution in [1.29, 1.82) is 0 Å². The average molecular weight is 369 g/mol. The van der Waals surface area contributed by atoms with Gasteiger partial charge >= 0.3 is 0 Å². The number of nitrogens with one attached hydrogen (secondary N) is 1. The van der Waals surface area contributed by atoms with Crippen molar-refractivity contribution < 1.29 is 9.59 Å². The molecule has 3 aliphatic rings. The Bertz CT molecular complexity index is 666. The van der Waals surface area contributed by atoms with Gasteiger partial charge in [0.25, 0.3) is 0 Å². The van der Waals surface area contributed by atoms with E-state index in [1.807, 2.05) is 35.2 Å². The van der Waals surface area contributed by atoms with Gasteiger partial charge in [-0.05, 0) is 55.9 Å². The number of fused-ring (bicyclic) bond motifs is 2. The molecule has 1 aromatic carbocycles. The fourth-order valence-electron chi connectivity index (χ4n) is 5.58. The monoisotopic (exact) mass is 368 g/mol. The molecule has 3 fully saturated rings. The van der Waals surface area contributed by atoms with Crippen LogP contribution in [0.1, 0.15) is 63.4 Å². The van der Waals surface area contributed by atoms with Gasteiger partial charge in [-0.2, -0.15) is 0 Å². The van der Waals surface area contributed by atoms with E-state index < -0.39 is 0 Å². The van der Waals surface area contributed by atoms with E-state index in [0.29, 0.717) is 5.92 Å². The van der Waals surface area contributed by atoms with Crippen molar-refractivity contribution in [3.05, 3.63) is 35.9 Å². The summed E-state index contributed by atoms with van der Waals surface area (Å²) >= 11 is 0. The van der Waals surface area contributed by atoms with Crippen LogP contribution in [0.5, 0.6) is 0 Å². The molecule has 146 valence electrons. The number of hydrogen-bond donors (Lipinski definition) is 1. The number of likely N-dealkylation sites (tertiary alicyclic amines) is 1. The molecule has 0 unspecified atom stereocenters. The summed E-state index contributed by atoms with van der Waals surface area (Å²) in [5.74, 6) is 2.16. The second-order valence-electron chi connectivity index (χ2n) is 8.76. The zero-order chi connectivity index (χ0) is 18.8. The molecule has 2 aliphatic carbocycles. The van der Waals surface area contributed by atoms with E-state index in [1.165, 1.54) is 19.3 Å². The molecular weight excluding hydrogens is 336 g/mol. The molecule has 2 bridgehead atoms. The van der Waals surface area contributed by atoms with E-state index >= 15 is 0 Å². The Hall–Kier alpha value is -1.84. The van der Waals surface area contributed by atoms with E-state index in [9.17, 15) is 9.59 Å². The highest BCUT2D eigenvalue weighted by molar-refractivity contribution is 5.84. The largest absolute Gasteiger partial charge is 0.353 e. The number of rotatable bonds is 5. The van der Waals surface area contributed by atoms with Gasteiger partial charge in [-0.3, -0.25) is 9.59 Å². The van der Waals surface area contributed by atoms with Crippen LogP contribution in [-0.4, -0.2) is 35.8 Å². The predicted molar refractivity (Wildman–Crippen MR) is 106 cm³/mol. The van der Waals surface area contributed by atoms with Gasteiger partial charge < -0.3 is 10.2 Å². The molecule has 0 spiro atoms. The minimum absolute atomic E-state index is 0.0496. The summed E-state index contributed by atoms with van der Waals surface area (Å²) in [6.45, 7) is 3.59. The number of amides is 2. The summed E-state index contributed by atoms with van der Waals surface area (Å²) in [6, 6.07) is 10.3. The first kappa shape index (κ1) is 18.5. The average Bonchev–Trinajstić information content (AvgIpc) is 3.33. The SMILES string of the molecule is CC[C@H](C(=O)N1CCC(NC(=O)[C@H]2C[C@H]3CC[C@H]2C3)CC1)c1ccccc1. The molecule has 1 aromatic rings. The lowest BCUT2D eigenvalue weighted by molar-refractivity contribution is -0.134. The number of carbonyl (C=O) groups is 2. The summed E-state index contributed by atoms with van der Waals surface area (Å²) in [7, 11) is 0. The number of hydrogen-bond acceptors (Lipinski definition) is 2. The second kappa shape index (κ2) is 8.04. The van der Waals surface area contributed by atoms with Crippen LogP contribution < -0.4 is 5.32 Å². The fraction of sp³-hybridized carbons (Fsp3) is 0.652. The summed E-state index contributed by atoms with van der Waals surface area (Å²) < 4.78 is 0. The maximum absolute atomic E-state index is 13.0. The molecule has 1 aliphatic heterocycles. The van der Waals surface area contributed by atoms with Crippen LogP contribution in [0, 0.1) is 17.8 Å². The van der Waals surface area contributed by atoms with Crippen molar-refractivity contribution in [2.75, 3.05) is 13.1 Å². The van der Waals surface area contributed by atoms with E-state index in [-0.39, 0.29) is 29.7 Å². The van der Waals surface area contributed by atoms with Crippen LogP contribution in [0.3, 0.4) is 0 Å². The van der Waals surface area contributed by atoms with Crippen LogP contribution in [-0.2, 0) is 9.59 Å². The Kier molecular flexibility index (Phi) is 5.51. The first-order valence-electron chi connectivity index (χ1n) is 10.8. The van der Waals surface area contributed by atoms with Crippen LogP contribution in [0.2, 0.25) is 0 Å². The van der Waals surface area contributed by atoms with Crippen molar-refractivity contribution >= 4 is 11.8 Å². The molecule has 0 radical (unpaired) electrons. The summed E-state index contributed by atoms with van der Waals surface area (Å²) in [5, 5.41) is 3.30. The van der Waals surface area contributed by atoms with Crippen LogP contribution in [0.4, 0.5) is 0 Å². The lowest BCUT2D eigenvalue weighted by Gasteiger charge is -2.35. The Labute approximate surface area is 162 Å². The van der Waals surface area contributed by atoms with Gasteiger partial charge in [-0.25, -0.2) is 0 Å². The minimum atomic E-state index is -0.0496. The van der Waals surface area contributed by atoms with E-state index in [2.05, 4.69) is 12.2 Å². The molecule has 4 rings (SSSR count). The zero-order valence-corrected chi connectivity index (χ0v) is 16.4. The molecule has 2 amide bonds. The number of nitrogens with zero attached hydrogens (tertiary/aromatic N) is 1. The third-order valence-electron chi connectivity index (χ3n) is 7.14. The Morgan fingerprint density at radius 3 is 2.41 bits per heavy atom. The van der Waals surface area contributed by atoms with Gasteiger partial charge in [0, 0.05) is 25.0 Å². The quantitative estimate of drug-likeness (QED) is 0.861. The number of benzene rings is 1. The van der Waals surface area contributed by atoms with Gasteiger partial charge in [-0.15, -0.1) is 0 Å². The van der Waals surface area contributed by atoms with Gasteiger partial charge in [0.05, 0.1) is 5.92 Å². The van der Waals surface area contributed by atoms with Crippen molar-refractivity contribution in [3.8, 4) is 0 Å². The van der Waals surface area contributed by atoms with Gasteiger partial charge in [-0.1, -0.05) is 43.7 Å². The maximum atomic E-state index is 13.0. The summed E-state index contributed by atoms with van der Waals surface area (Å²) in [4.78, 5) is 27.7. The first-order chi connectivity index (χ1) is 13.2. The van der Waals surface area contributed by atoms with Crippen molar-refractivity contribution in [1.82, 2.24) is 10.2 Å². The number of piperidine rings is 1. The van der Waals surface area contributed by atoms with Crippen molar-refractivity contribution in [2.24, 2.45) is 17.8 Å². The fourth-order valence-corrected chi connectivity index (χ4v) is 5.58. The van der Waals surface area contributed by atoms with E-state index in [0.717, 1.165) is 50.3 Å². The zero-order valence-electron chi connectivity index (χ0n) is 16.4. The molecule has 4 heteroatoms. The molecular formula is C23H32N2O2. The van der Waals surface area contributed by atoms with Crippen molar-refractivity contribution in [3.63, 3.8) is 0 Å². The van der Waals surface area contributed by atoms with Crippen LogP contribution >= 0.6 is 0 Å². The molecule has 1 saturated heterocycles. The molecule has 4 atom stereocenters. The third kappa shape index (κ3) is 3.90. The highest BCUT2D eigenvalue weighted by Gasteiger charge is 2.43. The van der Waals surface area contributed by atoms with Crippen LogP contribution in [0.25, 0.3) is 0 Å². The number of carbonyl (C=O) groups excluding carboxylic acids is 2. The highest BCUT2D eigenvalue weighted by atomic mass is 16.2. The standard InChI is InChI=1S/C23H32N2O2/c1-2-20(17-6-4-3-5-7-17)23(27)25-12-10-19(11-13-25)24-22(26)21-15-16-8-9-18(21)14-16/h3-7,16,18-21H,2,8-15H2,1H3,(H,24,26)/t16-,18-,20-,21-/m0/s1. The molecule has 2 saturated carbocycles. The normalized spacial score (nSPS) is 28.9. The van der Waals surface area contributed by atoms with E-state index in [1.54, 1.807) is 0 Å². The molecule has 1 heterocycles. The summed E-state index contributed by atoms with van der Waals surface area (Å²) in [5.41, 5.74) is 1.11. The lowest BCUT2D eigenvalue weighted by atomic mass is 9.87. The molecule has 4 nitrogen and oxygen atoms in total. The minimum Gasteiger partial charge on any atom is -0.353 e. The van der Waals surface area contributed by atoms with Gasteiger partial charge in [0.15, 0.2) is 0 Å².